The molecule has 0 aromatic carbocycles. The monoisotopic (exact) mass is 276 g/mol. The Bertz CT molecular complexity index is 502. The first-order chi connectivity index (χ1) is 9.51. The van der Waals surface area contributed by atoms with Crippen molar-refractivity contribution in [1.29, 1.82) is 0 Å². The van der Waals surface area contributed by atoms with Gasteiger partial charge in [-0.3, -0.25) is 9.78 Å². The third-order valence-electron chi connectivity index (χ3n) is 4.53. The molecule has 1 aliphatic rings. The molecule has 1 aromatic rings. The zero-order chi connectivity index (χ0) is 14.8. The van der Waals surface area contributed by atoms with Gasteiger partial charge in [-0.1, -0.05) is 6.42 Å². The fourth-order valence-electron chi connectivity index (χ4n) is 3.05. The summed E-state index contributed by atoms with van der Waals surface area (Å²) in [6.45, 7) is 4.54. The number of nitrogens with zero attached hydrogens (tertiary/aromatic N) is 1. The molecule has 4 heteroatoms. The van der Waals surface area contributed by atoms with Gasteiger partial charge in [0, 0.05) is 30.2 Å². The number of Topliss-reactive ketones (excluding diaryl/α,β-unsaturated/α-hetero) is 1. The summed E-state index contributed by atoms with van der Waals surface area (Å²) in [6, 6.07) is 0. The number of methoxy groups -OCH3 is 1. The van der Waals surface area contributed by atoms with Crippen molar-refractivity contribution in [2.45, 2.75) is 46.0 Å². The highest BCUT2D eigenvalue weighted by atomic mass is 16.5. The van der Waals surface area contributed by atoms with Gasteiger partial charge in [0.2, 0.25) is 0 Å². The van der Waals surface area contributed by atoms with Gasteiger partial charge < -0.3 is 10.5 Å². The number of ketones is 1. The number of nitrogens with two attached hydrogens (primary N) is 1. The Kier molecular flexibility index (Phi) is 4.43. The summed E-state index contributed by atoms with van der Waals surface area (Å²) >= 11 is 0. The van der Waals surface area contributed by atoms with Gasteiger partial charge in [-0.05, 0) is 38.6 Å². The lowest BCUT2D eigenvalue weighted by Gasteiger charge is -2.40. The zero-order valence-corrected chi connectivity index (χ0v) is 12.7. The smallest absolute Gasteiger partial charge is 0.139 e. The normalized spacial score (nSPS) is 16.6. The van der Waals surface area contributed by atoms with Gasteiger partial charge in [-0.2, -0.15) is 0 Å². The number of aryl methyl sites for hydroxylation is 1. The molecule has 0 spiro atoms. The van der Waals surface area contributed by atoms with E-state index >= 15 is 0 Å². The standard InChI is InChI=1S/C16H24N2O2/c1-11-9-18-14(12(2)15(11)20-3)7-13(19)8-16(10-17)5-4-6-16/h9H,4-8,10,17H2,1-3H3. The van der Waals surface area contributed by atoms with Crippen molar-refractivity contribution < 1.29 is 9.53 Å². The van der Waals surface area contributed by atoms with Crippen molar-refractivity contribution in [2.24, 2.45) is 11.1 Å². The molecule has 0 atom stereocenters. The highest BCUT2D eigenvalue weighted by Crippen LogP contribution is 2.43. The van der Waals surface area contributed by atoms with Crippen molar-refractivity contribution in [2.75, 3.05) is 13.7 Å². The minimum absolute atomic E-state index is 0.0692. The summed E-state index contributed by atoms with van der Waals surface area (Å²) in [7, 11) is 1.65. The maximum atomic E-state index is 12.3. The third-order valence-corrected chi connectivity index (χ3v) is 4.53. The summed E-state index contributed by atoms with van der Waals surface area (Å²) in [5.41, 5.74) is 8.68. The topological polar surface area (TPSA) is 65.2 Å². The predicted molar refractivity (Wildman–Crippen MR) is 78.9 cm³/mol. The van der Waals surface area contributed by atoms with Crippen molar-refractivity contribution >= 4 is 5.78 Å². The Labute approximate surface area is 120 Å². The molecule has 0 aliphatic heterocycles. The van der Waals surface area contributed by atoms with Crippen molar-refractivity contribution in [1.82, 2.24) is 4.98 Å². The Morgan fingerprint density at radius 3 is 2.65 bits per heavy atom. The number of ether oxygens (including phenoxy) is 1. The number of aromatic nitrogens is 1. The molecule has 4 nitrogen and oxygen atoms in total. The quantitative estimate of drug-likeness (QED) is 0.866. The van der Waals surface area contributed by atoms with Crippen LogP contribution in [0.2, 0.25) is 0 Å². The van der Waals surface area contributed by atoms with Crippen LogP contribution in [-0.2, 0) is 11.2 Å². The fraction of sp³-hybridized carbons (Fsp3) is 0.625. The van der Waals surface area contributed by atoms with E-state index in [1.54, 1.807) is 13.3 Å². The van der Waals surface area contributed by atoms with Crippen LogP contribution in [-0.4, -0.2) is 24.4 Å². The molecule has 0 unspecified atom stereocenters. The molecule has 1 fully saturated rings. The Morgan fingerprint density at radius 1 is 1.45 bits per heavy atom. The highest BCUT2D eigenvalue weighted by Gasteiger charge is 2.37. The molecule has 20 heavy (non-hydrogen) atoms. The molecule has 0 amide bonds. The van der Waals surface area contributed by atoms with Crippen LogP contribution in [0.5, 0.6) is 5.75 Å². The molecule has 2 N–H and O–H groups in total. The Morgan fingerprint density at radius 2 is 2.15 bits per heavy atom. The van der Waals surface area contributed by atoms with Gasteiger partial charge >= 0.3 is 0 Å². The van der Waals surface area contributed by atoms with Crippen molar-refractivity contribution in [3.05, 3.63) is 23.0 Å². The van der Waals surface area contributed by atoms with Crippen molar-refractivity contribution in [3.8, 4) is 5.75 Å². The molecule has 2 rings (SSSR count). The van der Waals surface area contributed by atoms with Gasteiger partial charge in [0.25, 0.3) is 0 Å². The van der Waals surface area contributed by atoms with E-state index in [1.807, 2.05) is 13.8 Å². The van der Waals surface area contributed by atoms with E-state index in [-0.39, 0.29) is 11.2 Å². The van der Waals surface area contributed by atoms with Crippen LogP contribution in [0, 0.1) is 19.3 Å². The zero-order valence-electron chi connectivity index (χ0n) is 12.7. The average Bonchev–Trinajstić information content (AvgIpc) is 2.38. The first-order valence-corrected chi connectivity index (χ1v) is 7.22. The number of hydrogen-bond acceptors (Lipinski definition) is 4. The molecule has 1 aromatic heterocycles. The average molecular weight is 276 g/mol. The molecule has 0 radical (unpaired) electrons. The molecule has 1 aliphatic carbocycles. The third kappa shape index (κ3) is 2.85. The largest absolute Gasteiger partial charge is 0.496 e. The molecule has 0 saturated heterocycles. The van der Waals surface area contributed by atoms with E-state index in [9.17, 15) is 4.79 Å². The lowest BCUT2D eigenvalue weighted by Crippen LogP contribution is -2.39. The van der Waals surface area contributed by atoms with Gasteiger partial charge in [-0.25, -0.2) is 0 Å². The number of pyridine rings is 1. The van der Waals surface area contributed by atoms with E-state index in [1.165, 1.54) is 6.42 Å². The summed E-state index contributed by atoms with van der Waals surface area (Å²) < 4.78 is 5.38. The summed E-state index contributed by atoms with van der Waals surface area (Å²) in [5, 5.41) is 0. The summed E-state index contributed by atoms with van der Waals surface area (Å²) in [4.78, 5) is 16.7. The van der Waals surface area contributed by atoms with Gasteiger partial charge in [0.15, 0.2) is 0 Å². The second-order valence-corrected chi connectivity index (χ2v) is 6.00. The van der Waals surface area contributed by atoms with Crippen LogP contribution >= 0.6 is 0 Å². The van der Waals surface area contributed by atoms with Crippen LogP contribution in [0.1, 0.15) is 42.5 Å². The number of hydrogen-bond donors (Lipinski definition) is 1. The van der Waals surface area contributed by atoms with Gasteiger partial charge in [-0.15, -0.1) is 0 Å². The predicted octanol–water partition coefficient (Wildman–Crippen LogP) is 2.34. The van der Waals surface area contributed by atoms with Crippen molar-refractivity contribution in [3.63, 3.8) is 0 Å². The molecule has 110 valence electrons. The fourth-order valence-corrected chi connectivity index (χ4v) is 3.05. The first kappa shape index (κ1) is 15.0. The SMILES string of the molecule is COc1c(C)cnc(CC(=O)CC2(CN)CCC2)c1C. The van der Waals surface area contributed by atoms with E-state index in [0.717, 1.165) is 35.4 Å². The second-order valence-electron chi connectivity index (χ2n) is 6.00. The maximum absolute atomic E-state index is 12.3. The summed E-state index contributed by atoms with van der Waals surface area (Å²) in [6.07, 6.45) is 6.10. The Balaban J connectivity index is 2.08. The molecule has 0 bridgehead atoms. The second kappa shape index (κ2) is 5.92. The van der Waals surface area contributed by atoms with Crippen LogP contribution in [0.3, 0.4) is 0 Å². The number of carbonyl (C=O) groups is 1. The van der Waals surface area contributed by atoms with E-state index in [4.69, 9.17) is 10.5 Å². The maximum Gasteiger partial charge on any atom is 0.139 e. The minimum atomic E-state index is 0.0692. The van der Waals surface area contributed by atoms with Crippen LogP contribution in [0.15, 0.2) is 6.20 Å². The molecule has 1 heterocycles. The van der Waals surface area contributed by atoms with Crippen LogP contribution < -0.4 is 10.5 Å². The van der Waals surface area contributed by atoms with Crippen LogP contribution in [0.25, 0.3) is 0 Å². The first-order valence-electron chi connectivity index (χ1n) is 7.22. The lowest BCUT2D eigenvalue weighted by atomic mass is 9.65. The number of carbonyl (C=O) groups excluding carboxylic acids is 1. The van der Waals surface area contributed by atoms with Gasteiger partial charge in [0.05, 0.1) is 12.8 Å². The van der Waals surface area contributed by atoms with E-state index in [2.05, 4.69) is 4.98 Å². The highest BCUT2D eigenvalue weighted by molar-refractivity contribution is 5.81. The minimum Gasteiger partial charge on any atom is -0.496 e. The van der Waals surface area contributed by atoms with E-state index in [0.29, 0.717) is 19.4 Å². The lowest BCUT2D eigenvalue weighted by molar-refractivity contribution is -0.122. The van der Waals surface area contributed by atoms with Crippen LogP contribution in [0.4, 0.5) is 0 Å². The number of rotatable bonds is 6. The molecule has 1 saturated carbocycles. The Hall–Kier alpha value is -1.42. The van der Waals surface area contributed by atoms with E-state index < -0.39 is 0 Å². The molecular weight excluding hydrogens is 252 g/mol. The molecular formula is C16H24N2O2. The van der Waals surface area contributed by atoms with Gasteiger partial charge in [0.1, 0.15) is 11.5 Å². The summed E-state index contributed by atoms with van der Waals surface area (Å²) in [5.74, 6) is 1.07.